The molecule has 0 aliphatic heterocycles. The predicted octanol–water partition coefficient (Wildman–Crippen LogP) is 3.83. The van der Waals surface area contributed by atoms with Gasteiger partial charge in [0.05, 0.1) is 25.0 Å². The molecule has 3 rings (SSSR count). The van der Waals surface area contributed by atoms with Gasteiger partial charge in [0.2, 0.25) is 5.91 Å². The molecule has 0 saturated heterocycles. The van der Waals surface area contributed by atoms with E-state index in [0.717, 1.165) is 24.2 Å². The van der Waals surface area contributed by atoms with E-state index in [2.05, 4.69) is 4.74 Å². The lowest BCUT2D eigenvalue weighted by molar-refractivity contribution is -0.129. The molecule has 1 aromatic heterocycles. The van der Waals surface area contributed by atoms with Crippen LogP contribution in [0.4, 0.5) is 0 Å². The second-order valence-corrected chi connectivity index (χ2v) is 6.11. The van der Waals surface area contributed by atoms with Gasteiger partial charge in [-0.2, -0.15) is 0 Å². The van der Waals surface area contributed by atoms with Crippen molar-refractivity contribution in [1.82, 2.24) is 4.90 Å². The van der Waals surface area contributed by atoms with Gasteiger partial charge < -0.3 is 14.1 Å². The van der Waals surface area contributed by atoms with Crippen molar-refractivity contribution in [2.24, 2.45) is 0 Å². The maximum atomic E-state index is 12.7. The molecule has 1 amide bonds. The Kier molecular flexibility index (Phi) is 5.03. The summed E-state index contributed by atoms with van der Waals surface area (Å²) in [5.41, 5.74) is 1.33. The molecule has 1 aromatic carbocycles. The molecule has 1 heterocycles. The summed E-state index contributed by atoms with van der Waals surface area (Å²) < 4.78 is 10.1. The zero-order valence-corrected chi connectivity index (χ0v) is 14.3. The molecule has 25 heavy (non-hydrogen) atoms. The van der Waals surface area contributed by atoms with Gasteiger partial charge in [0, 0.05) is 12.1 Å². The molecule has 1 unspecified atom stereocenters. The van der Waals surface area contributed by atoms with Crippen molar-refractivity contribution < 1.29 is 18.7 Å². The van der Waals surface area contributed by atoms with Crippen LogP contribution in [0.5, 0.6) is 0 Å². The fourth-order valence-corrected chi connectivity index (χ4v) is 2.81. The van der Waals surface area contributed by atoms with E-state index >= 15 is 0 Å². The topological polar surface area (TPSA) is 59.8 Å². The summed E-state index contributed by atoms with van der Waals surface area (Å²) in [6, 6.07) is 10.8. The van der Waals surface area contributed by atoms with Gasteiger partial charge in [-0.1, -0.05) is 12.1 Å². The van der Waals surface area contributed by atoms with Crippen LogP contribution in [0.3, 0.4) is 0 Å². The van der Waals surface area contributed by atoms with Crippen LogP contribution in [0.2, 0.25) is 0 Å². The van der Waals surface area contributed by atoms with Gasteiger partial charge in [-0.3, -0.25) is 4.79 Å². The van der Waals surface area contributed by atoms with Crippen LogP contribution in [0.25, 0.3) is 6.08 Å². The third-order valence-electron chi connectivity index (χ3n) is 4.32. The van der Waals surface area contributed by atoms with Gasteiger partial charge in [-0.05, 0) is 55.7 Å². The number of furan rings is 1. The lowest BCUT2D eigenvalue weighted by Crippen LogP contribution is -2.34. The number of hydrogen-bond acceptors (Lipinski definition) is 4. The molecule has 2 aromatic rings. The van der Waals surface area contributed by atoms with Crippen LogP contribution in [-0.2, 0) is 9.53 Å². The largest absolute Gasteiger partial charge is 0.467 e. The lowest BCUT2D eigenvalue weighted by Gasteiger charge is -2.26. The maximum absolute atomic E-state index is 12.7. The molecular weight excluding hydrogens is 318 g/mol. The minimum Gasteiger partial charge on any atom is -0.467 e. The standard InChI is InChI=1S/C20H21NO4/c1-14(18-4-3-13-25-18)21(17-10-11-17)19(22)12-7-15-5-8-16(9-6-15)20(23)24-2/h3-9,12-14,17H,10-11H2,1-2H3. The van der Waals surface area contributed by atoms with Crippen LogP contribution in [0, 0.1) is 0 Å². The average molecular weight is 339 g/mol. The molecule has 0 spiro atoms. The fraction of sp³-hybridized carbons (Fsp3) is 0.300. The zero-order valence-electron chi connectivity index (χ0n) is 14.3. The zero-order chi connectivity index (χ0) is 17.8. The number of rotatable bonds is 6. The van der Waals surface area contributed by atoms with Crippen LogP contribution >= 0.6 is 0 Å². The summed E-state index contributed by atoms with van der Waals surface area (Å²) in [4.78, 5) is 26.0. The number of nitrogens with zero attached hydrogens (tertiary/aromatic N) is 1. The number of amides is 1. The van der Waals surface area contributed by atoms with E-state index in [1.807, 2.05) is 24.0 Å². The molecule has 5 nitrogen and oxygen atoms in total. The fourth-order valence-electron chi connectivity index (χ4n) is 2.81. The summed E-state index contributed by atoms with van der Waals surface area (Å²) in [5.74, 6) is 0.373. The summed E-state index contributed by atoms with van der Waals surface area (Å²) in [6.45, 7) is 1.98. The summed E-state index contributed by atoms with van der Waals surface area (Å²) in [5, 5.41) is 0. The summed E-state index contributed by atoms with van der Waals surface area (Å²) >= 11 is 0. The molecule has 0 bridgehead atoms. The third-order valence-corrected chi connectivity index (χ3v) is 4.32. The number of esters is 1. The van der Waals surface area contributed by atoms with E-state index < -0.39 is 0 Å². The molecular formula is C20H21NO4. The highest BCUT2D eigenvalue weighted by atomic mass is 16.5. The van der Waals surface area contributed by atoms with Crippen molar-refractivity contribution >= 4 is 18.0 Å². The van der Waals surface area contributed by atoms with E-state index in [4.69, 9.17) is 4.42 Å². The van der Waals surface area contributed by atoms with Gasteiger partial charge in [0.15, 0.2) is 0 Å². The molecule has 1 aliphatic rings. The van der Waals surface area contributed by atoms with Crippen molar-refractivity contribution in [3.63, 3.8) is 0 Å². The number of methoxy groups -OCH3 is 1. The Morgan fingerprint density at radius 3 is 2.52 bits per heavy atom. The predicted molar refractivity (Wildman–Crippen MR) is 93.8 cm³/mol. The Labute approximate surface area is 146 Å². The molecule has 0 radical (unpaired) electrons. The third kappa shape index (κ3) is 3.99. The SMILES string of the molecule is COC(=O)c1ccc(C=CC(=O)N(C2CC2)C(C)c2ccco2)cc1. The minimum absolute atomic E-state index is 0.0385. The van der Waals surface area contributed by atoms with Gasteiger partial charge >= 0.3 is 5.97 Å². The van der Waals surface area contributed by atoms with Gasteiger partial charge in [0.25, 0.3) is 0 Å². The van der Waals surface area contributed by atoms with Crippen molar-refractivity contribution in [2.45, 2.75) is 31.8 Å². The Balaban J connectivity index is 1.71. The number of carbonyl (C=O) groups excluding carboxylic acids is 2. The van der Waals surface area contributed by atoms with Gasteiger partial charge in [-0.15, -0.1) is 0 Å². The average Bonchev–Trinajstić information content (AvgIpc) is 3.31. The number of ether oxygens (including phenoxy) is 1. The Morgan fingerprint density at radius 2 is 1.96 bits per heavy atom. The van der Waals surface area contributed by atoms with Gasteiger partial charge in [0.1, 0.15) is 5.76 Å². The van der Waals surface area contributed by atoms with Crippen LogP contribution in [0.15, 0.2) is 53.2 Å². The number of benzene rings is 1. The quantitative estimate of drug-likeness (QED) is 0.593. The molecule has 1 fully saturated rings. The van der Waals surface area contributed by atoms with E-state index in [9.17, 15) is 9.59 Å². The first kappa shape index (κ1) is 17.0. The first-order valence-corrected chi connectivity index (χ1v) is 8.32. The van der Waals surface area contributed by atoms with Crippen molar-refractivity contribution in [3.8, 4) is 0 Å². The van der Waals surface area contributed by atoms with Crippen molar-refractivity contribution in [2.75, 3.05) is 7.11 Å². The van der Waals surface area contributed by atoms with Crippen molar-refractivity contribution in [3.05, 3.63) is 65.6 Å². The van der Waals surface area contributed by atoms with E-state index in [1.165, 1.54) is 7.11 Å². The molecule has 1 atom stereocenters. The highest BCUT2D eigenvalue weighted by molar-refractivity contribution is 5.93. The Hall–Kier alpha value is -2.82. The van der Waals surface area contributed by atoms with Crippen LogP contribution in [0.1, 0.15) is 47.5 Å². The highest BCUT2D eigenvalue weighted by Crippen LogP contribution is 2.34. The first-order valence-electron chi connectivity index (χ1n) is 8.32. The number of carbonyl (C=O) groups is 2. The first-order chi connectivity index (χ1) is 12.1. The number of hydrogen-bond donors (Lipinski definition) is 0. The molecule has 0 N–H and O–H groups in total. The molecule has 1 saturated carbocycles. The normalized spacial score (nSPS) is 15.1. The molecule has 130 valence electrons. The van der Waals surface area contributed by atoms with Crippen LogP contribution < -0.4 is 0 Å². The maximum Gasteiger partial charge on any atom is 0.337 e. The smallest absolute Gasteiger partial charge is 0.337 e. The Bertz CT molecular complexity index is 758. The van der Waals surface area contributed by atoms with E-state index in [0.29, 0.717) is 5.56 Å². The van der Waals surface area contributed by atoms with E-state index in [-0.39, 0.29) is 24.0 Å². The summed E-state index contributed by atoms with van der Waals surface area (Å²) in [6.07, 6.45) is 7.01. The van der Waals surface area contributed by atoms with Gasteiger partial charge in [-0.25, -0.2) is 4.79 Å². The molecule has 1 aliphatic carbocycles. The van der Waals surface area contributed by atoms with Crippen molar-refractivity contribution in [1.29, 1.82) is 0 Å². The second-order valence-electron chi connectivity index (χ2n) is 6.11. The Morgan fingerprint density at radius 1 is 1.24 bits per heavy atom. The van der Waals surface area contributed by atoms with Crippen LogP contribution in [-0.4, -0.2) is 29.9 Å². The second kappa shape index (κ2) is 7.38. The summed E-state index contributed by atoms with van der Waals surface area (Å²) in [7, 11) is 1.35. The lowest BCUT2D eigenvalue weighted by atomic mass is 10.1. The minimum atomic E-state index is -0.376. The highest BCUT2D eigenvalue weighted by Gasteiger charge is 2.36. The van der Waals surface area contributed by atoms with E-state index in [1.54, 1.807) is 42.7 Å². The molecule has 5 heteroatoms. The monoisotopic (exact) mass is 339 g/mol.